The normalized spacial score (nSPS) is 14.3. The number of para-hydroxylation sites is 2. The van der Waals surface area contributed by atoms with Gasteiger partial charge in [-0.1, -0.05) is 29.8 Å². The van der Waals surface area contributed by atoms with Crippen LogP contribution in [0.3, 0.4) is 0 Å². The lowest BCUT2D eigenvalue weighted by Gasteiger charge is -2.24. The third-order valence-electron chi connectivity index (χ3n) is 3.63. The molecule has 0 bridgehead atoms. The third-order valence-corrected chi connectivity index (χ3v) is 3.63. The van der Waals surface area contributed by atoms with Crippen molar-refractivity contribution in [2.75, 3.05) is 18.1 Å². The number of phenols is 1. The second-order valence-corrected chi connectivity index (χ2v) is 5.22. The molecule has 1 aliphatic heterocycles. The number of phenolic OH excluding ortho intramolecular Hbond substituents is 1. The number of anilines is 1. The fourth-order valence-electron chi connectivity index (χ4n) is 2.61. The zero-order valence-corrected chi connectivity index (χ0v) is 11.7. The first kappa shape index (κ1) is 12.9. The van der Waals surface area contributed by atoms with E-state index in [9.17, 15) is 5.11 Å². The van der Waals surface area contributed by atoms with Crippen LogP contribution in [-0.2, 0) is 6.54 Å². The van der Waals surface area contributed by atoms with Gasteiger partial charge >= 0.3 is 0 Å². The Morgan fingerprint density at radius 3 is 2.95 bits per heavy atom. The van der Waals surface area contributed by atoms with Crippen LogP contribution >= 0.6 is 0 Å². The summed E-state index contributed by atoms with van der Waals surface area (Å²) in [6, 6.07) is 13.8. The first-order valence-electron chi connectivity index (χ1n) is 6.99. The lowest BCUT2D eigenvalue weighted by atomic mass is 10.1. The zero-order valence-electron chi connectivity index (χ0n) is 11.7. The highest BCUT2D eigenvalue weighted by Gasteiger charge is 2.17. The van der Waals surface area contributed by atoms with E-state index in [-0.39, 0.29) is 0 Å². The Hall–Kier alpha value is -2.16. The van der Waals surface area contributed by atoms with Crippen molar-refractivity contribution in [3.05, 3.63) is 53.6 Å². The van der Waals surface area contributed by atoms with Gasteiger partial charge in [0.15, 0.2) is 0 Å². The van der Waals surface area contributed by atoms with E-state index < -0.39 is 0 Å². The van der Waals surface area contributed by atoms with Crippen LogP contribution < -0.4 is 9.64 Å². The van der Waals surface area contributed by atoms with Gasteiger partial charge < -0.3 is 14.7 Å². The predicted octanol–water partition coefficient (Wildman–Crippen LogP) is 3.49. The van der Waals surface area contributed by atoms with Crippen molar-refractivity contribution in [3.8, 4) is 11.5 Å². The van der Waals surface area contributed by atoms with E-state index >= 15 is 0 Å². The van der Waals surface area contributed by atoms with Gasteiger partial charge in [-0.3, -0.25) is 0 Å². The molecule has 0 unspecified atom stereocenters. The Morgan fingerprint density at radius 2 is 2.05 bits per heavy atom. The number of aromatic hydroxyl groups is 1. The molecule has 0 amide bonds. The lowest BCUT2D eigenvalue weighted by Crippen LogP contribution is -2.23. The molecule has 0 spiro atoms. The molecular weight excluding hydrogens is 250 g/mol. The van der Waals surface area contributed by atoms with E-state index in [1.54, 1.807) is 6.07 Å². The molecule has 20 heavy (non-hydrogen) atoms. The predicted molar refractivity (Wildman–Crippen MR) is 80.4 cm³/mol. The summed E-state index contributed by atoms with van der Waals surface area (Å²) in [5.41, 5.74) is 3.23. The van der Waals surface area contributed by atoms with Crippen molar-refractivity contribution in [2.45, 2.75) is 19.9 Å². The summed E-state index contributed by atoms with van der Waals surface area (Å²) in [4.78, 5) is 2.27. The standard InChI is InChI=1S/C17H19NO2/c1-13-7-8-16(19)14(11-13)12-18-9-4-10-20-17-6-3-2-5-15(17)18/h2-3,5-8,11,19H,4,9-10,12H2,1H3. The summed E-state index contributed by atoms with van der Waals surface area (Å²) in [5.74, 6) is 1.29. The van der Waals surface area contributed by atoms with Gasteiger partial charge in [-0.05, 0) is 31.5 Å². The second-order valence-electron chi connectivity index (χ2n) is 5.22. The molecule has 3 rings (SSSR count). The maximum Gasteiger partial charge on any atom is 0.142 e. The molecule has 2 aromatic rings. The Balaban J connectivity index is 1.92. The highest BCUT2D eigenvalue weighted by molar-refractivity contribution is 5.59. The molecule has 0 radical (unpaired) electrons. The Labute approximate surface area is 119 Å². The van der Waals surface area contributed by atoms with Gasteiger partial charge in [-0.15, -0.1) is 0 Å². The largest absolute Gasteiger partial charge is 0.508 e. The van der Waals surface area contributed by atoms with Crippen LogP contribution in [0.25, 0.3) is 0 Å². The van der Waals surface area contributed by atoms with E-state index in [2.05, 4.69) is 11.0 Å². The molecule has 1 heterocycles. The summed E-state index contributed by atoms with van der Waals surface area (Å²) >= 11 is 0. The first-order chi connectivity index (χ1) is 9.74. The van der Waals surface area contributed by atoms with E-state index in [0.29, 0.717) is 12.3 Å². The van der Waals surface area contributed by atoms with Crippen LogP contribution in [0.2, 0.25) is 0 Å². The third kappa shape index (κ3) is 2.57. The molecule has 0 aliphatic carbocycles. The van der Waals surface area contributed by atoms with Crippen molar-refractivity contribution < 1.29 is 9.84 Å². The summed E-state index contributed by atoms with van der Waals surface area (Å²) < 4.78 is 5.77. The molecule has 2 aromatic carbocycles. The minimum absolute atomic E-state index is 0.359. The highest BCUT2D eigenvalue weighted by atomic mass is 16.5. The molecule has 3 nitrogen and oxygen atoms in total. The van der Waals surface area contributed by atoms with Gasteiger partial charge in [0.1, 0.15) is 11.5 Å². The van der Waals surface area contributed by atoms with Gasteiger partial charge in [-0.2, -0.15) is 0 Å². The molecule has 0 aromatic heterocycles. The number of aryl methyl sites for hydroxylation is 1. The van der Waals surface area contributed by atoms with Crippen LogP contribution in [0.5, 0.6) is 11.5 Å². The number of hydrogen-bond donors (Lipinski definition) is 1. The number of rotatable bonds is 2. The number of fused-ring (bicyclic) bond motifs is 1. The molecule has 104 valence electrons. The van der Waals surface area contributed by atoms with Crippen molar-refractivity contribution in [1.29, 1.82) is 0 Å². The van der Waals surface area contributed by atoms with Gasteiger partial charge in [0.25, 0.3) is 0 Å². The van der Waals surface area contributed by atoms with Crippen LogP contribution in [-0.4, -0.2) is 18.3 Å². The van der Waals surface area contributed by atoms with Gasteiger partial charge in [0.2, 0.25) is 0 Å². The van der Waals surface area contributed by atoms with Crippen LogP contribution in [0.1, 0.15) is 17.5 Å². The number of ether oxygens (including phenoxy) is 1. The van der Waals surface area contributed by atoms with Crippen molar-refractivity contribution in [3.63, 3.8) is 0 Å². The Kier molecular flexibility index (Phi) is 3.50. The summed E-state index contributed by atoms with van der Waals surface area (Å²) in [7, 11) is 0. The maximum atomic E-state index is 10.0. The Bertz CT molecular complexity index is 610. The molecular formula is C17H19NO2. The summed E-state index contributed by atoms with van der Waals surface area (Å²) in [6.07, 6.45) is 0.987. The molecule has 0 fully saturated rings. The average Bonchev–Trinajstić information content (AvgIpc) is 2.66. The SMILES string of the molecule is Cc1ccc(O)c(CN2CCCOc3ccccc32)c1. The Morgan fingerprint density at radius 1 is 1.20 bits per heavy atom. The van der Waals surface area contributed by atoms with Crippen molar-refractivity contribution in [1.82, 2.24) is 0 Å². The van der Waals surface area contributed by atoms with E-state index in [0.717, 1.165) is 42.1 Å². The first-order valence-corrected chi connectivity index (χ1v) is 6.99. The molecule has 0 atom stereocenters. The van der Waals surface area contributed by atoms with Crippen molar-refractivity contribution >= 4 is 5.69 Å². The van der Waals surface area contributed by atoms with Crippen molar-refractivity contribution in [2.24, 2.45) is 0 Å². The second kappa shape index (κ2) is 5.45. The molecule has 1 N–H and O–H groups in total. The molecule has 0 saturated carbocycles. The zero-order chi connectivity index (χ0) is 13.9. The summed E-state index contributed by atoms with van der Waals surface area (Å²) in [6.45, 7) is 4.42. The number of hydrogen-bond acceptors (Lipinski definition) is 3. The monoisotopic (exact) mass is 269 g/mol. The molecule has 3 heteroatoms. The average molecular weight is 269 g/mol. The fraction of sp³-hybridized carbons (Fsp3) is 0.294. The van der Waals surface area contributed by atoms with Crippen LogP contribution in [0.15, 0.2) is 42.5 Å². The topological polar surface area (TPSA) is 32.7 Å². The smallest absolute Gasteiger partial charge is 0.142 e. The van der Waals surface area contributed by atoms with Crippen LogP contribution in [0, 0.1) is 6.92 Å². The maximum absolute atomic E-state index is 10.0. The van der Waals surface area contributed by atoms with E-state index in [1.165, 1.54) is 0 Å². The highest BCUT2D eigenvalue weighted by Crippen LogP contribution is 2.32. The summed E-state index contributed by atoms with van der Waals surface area (Å²) in [5, 5.41) is 10.0. The minimum Gasteiger partial charge on any atom is -0.508 e. The van der Waals surface area contributed by atoms with Gasteiger partial charge in [-0.25, -0.2) is 0 Å². The fourth-order valence-corrected chi connectivity index (χ4v) is 2.61. The molecule has 1 aliphatic rings. The molecule has 0 saturated heterocycles. The number of nitrogens with zero attached hydrogens (tertiary/aromatic N) is 1. The number of benzene rings is 2. The quantitative estimate of drug-likeness (QED) is 0.906. The van der Waals surface area contributed by atoms with E-state index in [1.807, 2.05) is 37.3 Å². The lowest BCUT2D eigenvalue weighted by molar-refractivity contribution is 0.322. The minimum atomic E-state index is 0.359. The van der Waals surface area contributed by atoms with Crippen LogP contribution in [0.4, 0.5) is 5.69 Å². The van der Waals surface area contributed by atoms with Gasteiger partial charge in [0, 0.05) is 18.7 Å². The van der Waals surface area contributed by atoms with Gasteiger partial charge in [0.05, 0.1) is 12.3 Å². The van der Waals surface area contributed by atoms with E-state index in [4.69, 9.17) is 4.74 Å².